The van der Waals surface area contributed by atoms with Crippen LogP contribution in [0.15, 0.2) is 29.3 Å². The molecule has 1 aromatic rings. The zero-order valence-electron chi connectivity index (χ0n) is 16.8. The number of guanidine groups is 1. The van der Waals surface area contributed by atoms with Gasteiger partial charge >= 0.3 is 0 Å². The van der Waals surface area contributed by atoms with Crippen LogP contribution >= 0.6 is 24.0 Å². The van der Waals surface area contributed by atoms with Gasteiger partial charge in [-0.1, -0.05) is 18.6 Å². The zero-order chi connectivity index (χ0) is 19.1. The molecule has 28 heavy (non-hydrogen) atoms. The minimum absolute atomic E-state index is 0. The highest BCUT2D eigenvalue weighted by atomic mass is 127. The first-order valence-corrected chi connectivity index (χ1v) is 10.3. The lowest BCUT2D eigenvalue weighted by Crippen LogP contribution is -2.41. The van der Waals surface area contributed by atoms with Gasteiger partial charge in [0.2, 0.25) is 0 Å². The van der Waals surface area contributed by atoms with E-state index in [1.165, 1.54) is 57.5 Å². The van der Waals surface area contributed by atoms with Gasteiger partial charge in [-0.15, -0.1) is 24.0 Å². The fourth-order valence-electron chi connectivity index (χ4n) is 4.07. The second-order valence-electron chi connectivity index (χ2n) is 7.72. The maximum Gasteiger partial charge on any atom is 0.194 e. The van der Waals surface area contributed by atoms with Crippen LogP contribution in [0.25, 0.3) is 0 Å². The van der Waals surface area contributed by atoms with Crippen molar-refractivity contribution in [2.45, 2.75) is 38.7 Å². The van der Waals surface area contributed by atoms with E-state index in [0.717, 1.165) is 25.6 Å². The highest BCUT2D eigenvalue weighted by Crippen LogP contribution is 2.20. The standard InChI is InChI=1S/C21H33FN4O.HI/c1-2-23-21(24-14-20(27)18-6-8-19(22)9-7-18)26-13-10-17(16-26)15-25-11-4-3-5-12-25;/h6-9,17,20,27H,2-5,10-16H2,1H3,(H,23,24);1H. The summed E-state index contributed by atoms with van der Waals surface area (Å²) in [6.45, 7) is 8.86. The molecule has 5 nitrogen and oxygen atoms in total. The first-order chi connectivity index (χ1) is 13.2. The summed E-state index contributed by atoms with van der Waals surface area (Å²) < 4.78 is 13.0. The van der Waals surface area contributed by atoms with Gasteiger partial charge in [-0.3, -0.25) is 4.99 Å². The Morgan fingerprint density at radius 1 is 1.21 bits per heavy atom. The summed E-state index contributed by atoms with van der Waals surface area (Å²) in [5.41, 5.74) is 0.695. The van der Waals surface area contributed by atoms with E-state index in [0.29, 0.717) is 11.5 Å². The Bertz CT molecular complexity index is 607. The van der Waals surface area contributed by atoms with E-state index in [9.17, 15) is 9.50 Å². The molecular formula is C21H34FIN4O. The number of nitrogens with one attached hydrogen (secondary N) is 1. The Balaban J connectivity index is 0.00000280. The largest absolute Gasteiger partial charge is 0.386 e. The monoisotopic (exact) mass is 504 g/mol. The van der Waals surface area contributed by atoms with E-state index in [1.54, 1.807) is 12.1 Å². The molecule has 0 aliphatic carbocycles. The summed E-state index contributed by atoms with van der Waals surface area (Å²) >= 11 is 0. The molecule has 2 heterocycles. The Labute approximate surface area is 185 Å². The van der Waals surface area contributed by atoms with Crippen molar-refractivity contribution < 1.29 is 9.50 Å². The molecule has 2 saturated heterocycles. The average molecular weight is 504 g/mol. The highest BCUT2D eigenvalue weighted by molar-refractivity contribution is 14.0. The minimum Gasteiger partial charge on any atom is -0.386 e. The number of aliphatic imine (C=N–C) groups is 1. The Morgan fingerprint density at radius 3 is 2.61 bits per heavy atom. The van der Waals surface area contributed by atoms with Crippen LogP contribution in [-0.4, -0.2) is 66.7 Å². The quantitative estimate of drug-likeness (QED) is 0.355. The lowest BCUT2D eigenvalue weighted by atomic mass is 10.1. The fourth-order valence-corrected chi connectivity index (χ4v) is 4.07. The summed E-state index contributed by atoms with van der Waals surface area (Å²) in [6.07, 6.45) is 4.53. The molecular weight excluding hydrogens is 470 g/mol. The SMILES string of the molecule is CCNC(=NCC(O)c1ccc(F)cc1)N1CCC(CN2CCCCC2)C1.I. The molecule has 3 rings (SSSR count). The number of likely N-dealkylation sites (tertiary alicyclic amines) is 2. The number of aliphatic hydroxyl groups is 1. The number of benzene rings is 1. The Kier molecular flexibility index (Phi) is 9.94. The molecule has 2 unspecified atom stereocenters. The molecule has 1 aromatic carbocycles. The third-order valence-corrected chi connectivity index (χ3v) is 5.55. The molecule has 2 N–H and O–H groups in total. The molecule has 2 aliphatic rings. The minimum atomic E-state index is -0.717. The summed E-state index contributed by atoms with van der Waals surface area (Å²) in [5, 5.41) is 13.7. The van der Waals surface area contributed by atoms with Crippen LogP contribution in [0, 0.1) is 11.7 Å². The lowest BCUT2D eigenvalue weighted by Gasteiger charge is -2.29. The van der Waals surface area contributed by atoms with E-state index in [2.05, 4.69) is 27.0 Å². The lowest BCUT2D eigenvalue weighted by molar-refractivity contribution is 0.186. The second kappa shape index (κ2) is 11.9. The first-order valence-electron chi connectivity index (χ1n) is 10.3. The fraction of sp³-hybridized carbons (Fsp3) is 0.667. The van der Waals surface area contributed by atoms with Crippen LogP contribution in [-0.2, 0) is 0 Å². The molecule has 7 heteroatoms. The smallest absolute Gasteiger partial charge is 0.194 e. The molecule has 2 fully saturated rings. The number of aliphatic hydroxyl groups excluding tert-OH is 1. The molecule has 2 aliphatic heterocycles. The van der Waals surface area contributed by atoms with Crippen LogP contribution in [0.4, 0.5) is 4.39 Å². The van der Waals surface area contributed by atoms with Crippen LogP contribution in [0.1, 0.15) is 44.3 Å². The van der Waals surface area contributed by atoms with E-state index in [1.807, 2.05) is 0 Å². The second-order valence-corrected chi connectivity index (χ2v) is 7.72. The molecule has 0 spiro atoms. The van der Waals surface area contributed by atoms with E-state index in [4.69, 9.17) is 0 Å². The molecule has 2 atom stereocenters. The van der Waals surface area contributed by atoms with Crippen molar-refractivity contribution in [1.29, 1.82) is 0 Å². The molecule has 0 aromatic heterocycles. The van der Waals surface area contributed by atoms with Gasteiger partial charge in [0.05, 0.1) is 12.6 Å². The van der Waals surface area contributed by atoms with Crippen LogP contribution in [0.2, 0.25) is 0 Å². The molecule has 0 saturated carbocycles. The van der Waals surface area contributed by atoms with Gasteiger partial charge in [-0.2, -0.15) is 0 Å². The van der Waals surface area contributed by atoms with Crippen LogP contribution < -0.4 is 5.32 Å². The molecule has 158 valence electrons. The predicted octanol–water partition coefficient (Wildman–Crippen LogP) is 3.25. The maximum atomic E-state index is 13.0. The summed E-state index contributed by atoms with van der Waals surface area (Å²) in [4.78, 5) is 9.58. The third kappa shape index (κ3) is 6.84. The van der Waals surface area contributed by atoms with Crippen molar-refractivity contribution in [2.24, 2.45) is 10.9 Å². The van der Waals surface area contributed by atoms with Gasteiger partial charge in [0, 0.05) is 26.2 Å². The van der Waals surface area contributed by atoms with Crippen molar-refractivity contribution in [3.63, 3.8) is 0 Å². The Hall–Kier alpha value is -0.930. The number of hydrogen-bond acceptors (Lipinski definition) is 3. The van der Waals surface area contributed by atoms with E-state index in [-0.39, 0.29) is 36.3 Å². The van der Waals surface area contributed by atoms with Crippen molar-refractivity contribution >= 4 is 29.9 Å². The maximum absolute atomic E-state index is 13.0. The van der Waals surface area contributed by atoms with Crippen LogP contribution in [0.3, 0.4) is 0 Å². The highest BCUT2D eigenvalue weighted by Gasteiger charge is 2.27. The van der Waals surface area contributed by atoms with Crippen molar-refractivity contribution in [3.05, 3.63) is 35.6 Å². The summed E-state index contributed by atoms with van der Waals surface area (Å²) in [5.74, 6) is 1.27. The molecule has 0 amide bonds. The summed E-state index contributed by atoms with van der Waals surface area (Å²) in [7, 11) is 0. The van der Waals surface area contributed by atoms with Gasteiger partial charge < -0.3 is 20.2 Å². The number of rotatable bonds is 6. The predicted molar refractivity (Wildman–Crippen MR) is 123 cm³/mol. The number of piperidine rings is 1. The zero-order valence-corrected chi connectivity index (χ0v) is 19.1. The average Bonchev–Trinajstić information content (AvgIpc) is 3.14. The van der Waals surface area contributed by atoms with E-state index >= 15 is 0 Å². The van der Waals surface area contributed by atoms with Crippen LogP contribution in [0.5, 0.6) is 0 Å². The Morgan fingerprint density at radius 2 is 1.93 bits per heavy atom. The number of halogens is 2. The van der Waals surface area contributed by atoms with Crippen molar-refractivity contribution in [3.8, 4) is 0 Å². The first kappa shape index (κ1) is 23.3. The molecule has 0 bridgehead atoms. The van der Waals surface area contributed by atoms with E-state index < -0.39 is 6.10 Å². The molecule has 0 radical (unpaired) electrons. The van der Waals surface area contributed by atoms with Gasteiger partial charge in [0.25, 0.3) is 0 Å². The van der Waals surface area contributed by atoms with Gasteiger partial charge in [-0.05, 0) is 62.9 Å². The topological polar surface area (TPSA) is 51.1 Å². The number of nitrogens with zero attached hydrogens (tertiary/aromatic N) is 3. The normalized spacial score (nSPS) is 22.0. The van der Waals surface area contributed by atoms with Gasteiger partial charge in [0.1, 0.15) is 5.82 Å². The number of hydrogen-bond donors (Lipinski definition) is 2. The summed E-state index contributed by atoms with van der Waals surface area (Å²) in [6, 6.07) is 5.98. The third-order valence-electron chi connectivity index (χ3n) is 5.55. The van der Waals surface area contributed by atoms with Gasteiger partial charge in [0.15, 0.2) is 5.96 Å². The van der Waals surface area contributed by atoms with Crippen molar-refractivity contribution in [2.75, 3.05) is 45.8 Å². The van der Waals surface area contributed by atoms with Gasteiger partial charge in [-0.25, -0.2) is 4.39 Å². The van der Waals surface area contributed by atoms with Crippen molar-refractivity contribution in [1.82, 2.24) is 15.1 Å².